The van der Waals surface area contributed by atoms with E-state index in [1.807, 2.05) is 30.3 Å². The summed E-state index contributed by atoms with van der Waals surface area (Å²) in [5.74, 6) is 0.903. The molecule has 3 heteroatoms. The molecule has 0 aliphatic heterocycles. The van der Waals surface area contributed by atoms with E-state index in [1.165, 1.54) is 7.11 Å². The van der Waals surface area contributed by atoms with Crippen LogP contribution in [0.5, 0.6) is 5.75 Å². The van der Waals surface area contributed by atoms with Gasteiger partial charge < -0.3 is 9.47 Å². The maximum absolute atomic E-state index is 11.1. The third kappa shape index (κ3) is 1.63. The monoisotopic (exact) mass is 192 g/mol. The van der Waals surface area contributed by atoms with Crippen LogP contribution in [0.25, 0.3) is 0 Å². The van der Waals surface area contributed by atoms with Crippen molar-refractivity contribution >= 4 is 5.78 Å². The molecule has 2 unspecified atom stereocenters. The zero-order valence-electron chi connectivity index (χ0n) is 7.97. The first-order chi connectivity index (χ1) is 6.81. The predicted molar refractivity (Wildman–Crippen MR) is 51.3 cm³/mol. The summed E-state index contributed by atoms with van der Waals surface area (Å²) in [6.45, 7) is 0. The van der Waals surface area contributed by atoms with Crippen molar-refractivity contribution in [3.8, 4) is 5.75 Å². The minimum Gasteiger partial charge on any atom is -0.487 e. The number of hydrogen-bond acceptors (Lipinski definition) is 3. The summed E-state index contributed by atoms with van der Waals surface area (Å²) in [7, 11) is 1.53. The van der Waals surface area contributed by atoms with Crippen LogP contribution in [0.1, 0.15) is 6.42 Å². The fraction of sp³-hybridized carbons (Fsp3) is 0.364. The van der Waals surface area contributed by atoms with Crippen LogP contribution in [0.4, 0.5) is 0 Å². The van der Waals surface area contributed by atoms with E-state index in [1.54, 1.807) is 0 Å². The number of para-hydroxylation sites is 1. The van der Waals surface area contributed by atoms with E-state index in [2.05, 4.69) is 0 Å². The summed E-state index contributed by atoms with van der Waals surface area (Å²) < 4.78 is 10.6. The average Bonchev–Trinajstić information content (AvgIpc) is 2.19. The molecule has 0 N–H and O–H groups in total. The fourth-order valence-corrected chi connectivity index (χ4v) is 1.53. The molecule has 0 aromatic heterocycles. The van der Waals surface area contributed by atoms with Crippen molar-refractivity contribution in [1.82, 2.24) is 0 Å². The van der Waals surface area contributed by atoms with Crippen molar-refractivity contribution in [2.24, 2.45) is 0 Å². The molecule has 1 aromatic rings. The molecule has 0 amide bonds. The van der Waals surface area contributed by atoms with Gasteiger partial charge in [0.05, 0.1) is 0 Å². The second-order valence-corrected chi connectivity index (χ2v) is 3.30. The fourth-order valence-electron chi connectivity index (χ4n) is 1.53. The first-order valence-electron chi connectivity index (χ1n) is 4.58. The summed E-state index contributed by atoms with van der Waals surface area (Å²) >= 11 is 0. The Labute approximate surface area is 82.6 Å². The van der Waals surface area contributed by atoms with Crippen LogP contribution < -0.4 is 4.74 Å². The first-order valence-corrected chi connectivity index (χ1v) is 4.58. The van der Waals surface area contributed by atoms with Crippen molar-refractivity contribution in [1.29, 1.82) is 0 Å². The first kappa shape index (κ1) is 9.21. The Hall–Kier alpha value is -1.35. The molecule has 2 rings (SSSR count). The lowest BCUT2D eigenvalue weighted by Gasteiger charge is -2.33. The van der Waals surface area contributed by atoms with Gasteiger partial charge in [-0.05, 0) is 12.1 Å². The van der Waals surface area contributed by atoms with Crippen LogP contribution in [0.15, 0.2) is 30.3 Å². The maximum Gasteiger partial charge on any atom is 0.169 e. The lowest BCUT2D eigenvalue weighted by atomic mass is 9.90. The highest BCUT2D eigenvalue weighted by Crippen LogP contribution is 2.24. The van der Waals surface area contributed by atoms with Gasteiger partial charge in [0.2, 0.25) is 0 Å². The van der Waals surface area contributed by atoms with E-state index >= 15 is 0 Å². The maximum atomic E-state index is 11.1. The number of Topliss-reactive ketones (excluding diaryl/α,β-unsaturated/α-hetero) is 1. The third-order valence-corrected chi connectivity index (χ3v) is 2.34. The quantitative estimate of drug-likeness (QED) is 0.726. The van der Waals surface area contributed by atoms with E-state index in [9.17, 15) is 4.79 Å². The molecule has 0 bridgehead atoms. The average molecular weight is 192 g/mol. The normalized spacial score (nSPS) is 25.6. The highest BCUT2D eigenvalue weighted by molar-refractivity contribution is 5.90. The van der Waals surface area contributed by atoms with Crippen molar-refractivity contribution in [2.75, 3.05) is 7.11 Å². The Balaban J connectivity index is 1.97. The molecule has 2 atom stereocenters. The molecule has 0 spiro atoms. The van der Waals surface area contributed by atoms with Crippen LogP contribution in [0.3, 0.4) is 0 Å². The van der Waals surface area contributed by atoms with Gasteiger partial charge in [0.1, 0.15) is 11.9 Å². The molecule has 14 heavy (non-hydrogen) atoms. The number of hydrogen-bond donors (Lipinski definition) is 0. The van der Waals surface area contributed by atoms with Gasteiger partial charge in [-0.25, -0.2) is 0 Å². The molecule has 3 nitrogen and oxygen atoms in total. The standard InChI is InChI=1S/C11H12O3/c1-13-11-9(12)7-10(11)14-8-5-3-2-4-6-8/h2-6,10-11H,7H2,1H3. The van der Waals surface area contributed by atoms with Gasteiger partial charge in [0.25, 0.3) is 0 Å². The number of carbonyl (C=O) groups excluding carboxylic acids is 1. The second kappa shape index (κ2) is 3.80. The lowest BCUT2D eigenvalue weighted by Crippen LogP contribution is -2.51. The van der Waals surface area contributed by atoms with Gasteiger partial charge in [0.15, 0.2) is 11.9 Å². The Kier molecular flexibility index (Phi) is 2.50. The van der Waals surface area contributed by atoms with E-state index < -0.39 is 0 Å². The second-order valence-electron chi connectivity index (χ2n) is 3.30. The Morgan fingerprint density at radius 2 is 2.00 bits per heavy atom. The van der Waals surface area contributed by atoms with Crippen molar-refractivity contribution in [3.63, 3.8) is 0 Å². The number of methoxy groups -OCH3 is 1. The Morgan fingerprint density at radius 3 is 2.57 bits per heavy atom. The predicted octanol–water partition coefficient (Wildman–Crippen LogP) is 1.42. The summed E-state index contributed by atoms with van der Waals surface area (Å²) in [6, 6.07) is 9.47. The lowest BCUT2D eigenvalue weighted by molar-refractivity contribution is -0.150. The summed E-state index contributed by atoms with van der Waals surface area (Å²) in [5.41, 5.74) is 0. The van der Waals surface area contributed by atoms with Gasteiger partial charge >= 0.3 is 0 Å². The smallest absolute Gasteiger partial charge is 0.169 e. The van der Waals surface area contributed by atoms with E-state index in [0.29, 0.717) is 6.42 Å². The van der Waals surface area contributed by atoms with E-state index in [4.69, 9.17) is 9.47 Å². The SMILES string of the molecule is COC1C(=O)CC1Oc1ccccc1. The van der Waals surface area contributed by atoms with Crippen molar-refractivity contribution < 1.29 is 14.3 Å². The molecule has 74 valence electrons. The minimum atomic E-state index is -0.379. The summed E-state index contributed by atoms with van der Waals surface area (Å²) in [4.78, 5) is 11.1. The number of rotatable bonds is 3. The van der Waals surface area contributed by atoms with Crippen molar-refractivity contribution in [2.45, 2.75) is 18.6 Å². The largest absolute Gasteiger partial charge is 0.487 e. The Morgan fingerprint density at radius 1 is 1.29 bits per heavy atom. The van der Waals surface area contributed by atoms with Gasteiger partial charge in [-0.15, -0.1) is 0 Å². The summed E-state index contributed by atoms with van der Waals surface area (Å²) in [5, 5.41) is 0. The summed E-state index contributed by atoms with van der Waals surface area (Å²) in [6.07, 6.45) is -0.0435. The molecular weight excluding hydrogens is 180 g/mol. The zero-order valence-corrected chi connectivity index (χ0v) is 7.97. The Bertz CT molecular complexity index is 321. The van der Waals surface area contributed by atoms with Gasteiger partial charge in [0, 0.05) is 13.5 Å². The molecule has 0 heterocycles. The molecule has 1 aromatic carbocycles. The number of ether oxygens (including phenoxy) is 2. The minimum absolute atomic E-state index is 0.116. The number of ketones is 1. The number of carbonyl (C=O) groups is 1. The molecule has 0 radical (unpaired) electrons. The van der Waals surface area contributed by atoms with Crippen LogP contribution in [-0.4, -0.2) is 25.1 Å². The molecular formula is C11H12O3. The van der Waals surface area contributed by atoms with Crippen LogP contribution in [-0.2, 0) is 9.53 Å². The van der Waals surface area contributed by atoms with Crippen LogP contribution in [0, 0.1) is 0 Å². The molecule has 1 saturated carbocycles. The third-order valence-electron chi connectivity index (χ3n) is 2.34. The zero-order chi connectivity index (χ0) is 9.97. The van der Waals surface area contributed by atoms with Crippen molar-refractivity contribution in [3.05, 3.63) is 30.3 Å². The molecule has 0 saturated heterocycles. The van der Waals surface area contributed by atoms with E-state index in [-0.39, 0.29) is 18.0 Å². The topological polar surface area (TPSA) is 35.5 Å². The van der Waals surface area contributed by atoms with Gasteiger partial charge in [-0.2, -0.15) is 0 Å². The molecule has 1 aliphatic carbocycles. The molecule has 1 fully saturated rings. The van der Waals surface area contributed by atoms with Gasteiger partial charge in [-0.1, -0.05) is 18.2 Å². The highest BCUT2D eigenvalue weighted by atomic mass is 16.5. The van der Waals surface area contributed by atoms with Crippen LogP contribution in [0.2, 0.25) is 0 Å². The van der Waals surface area contributed by atoms with E-state index in [0.717, 1.165) is 5.75 Å². The van der Waals surface area contributed by atoms with Gasteiger partial charge in [-0.3, -0.25) is 4.79 Å². The number of benzene rings is 1. The molecule has 1 aliphatic rings. The highest BCUT2D eigenvalue weighted by Gasteiger charge is 2.41. The van der Waals surface area contributed by atoms with Crippen LogP contribution >= 0.6 is 0 Å².